The lowest BCUT2D eigenvalue weighted by molar-refractivity contribution is 0.291. The molecule has 108 valence electrons. The third-order valence-corrected chi connectivity index (χ3v) is 3.72. The van der Waals surface area contributed by atoms with E-state index >= 15 is 0 Å². The van der Waals surface area contributed by atoms with Gasteiger partial charge in [0, 0.05) is 19.1 Å². The zero-order valence-corrected chi connectivity index (χ0v) is 13.2. The summed E-state index contributed by atoms with van der Waals surface area (Å²) in [5, 5.41) is 3.46. The molecule has 1 aromatic rings. The van der Waals surface area contributed by atoms with Crippen molar-refractivity contribution in [3.8, 4) is 0 Å². The van der Waals surface area contributed by atoms with E-state index in [2.05, 4.69) is 75.3 Å². The minimum absolute atomic E-state index is 0.251. The number of hydrogen-bond acceptors (Lipinski definition) is 2. The summed E-state index contributed by atoms with van der Waals surface area (Å²) in [6.45, 7) is 12.4. The first-order valence-electron chi connectivity index (χ1n) is 7.39. The van der Waals surface area contributed by atoms with Crippen molar-refractivity contribution < 1.29 is 0 Å². The van der Waals surface area contributed by atoms with E-state index in [1.165, 1.54) is 12.0 Å². The second kappa shape index (κ2) is 7.66. The Morgan fingerprint density at radius 2 is 1.74 bits per heavy atom. The summed E-state index contributed by atoms with van der Waals surface area (Å²) < 4.78 is 0. The molecule has 1 aromatic carbocycles. The maximum absolute atomic E-state index is 3.46. The molecule has 0 atom stereocenters. The zero-order chi connectivity index (χ0) is 14.3. The van der Waals surface area contributed by atoms with Crippen LogP contribution >= 0.6 is 0 Å². The number of nitrogens with one attached hydrogen (secondary N) is 1. The molecule has 0 unspecified atom stereocenters. The zero-order valence-electron chi connectivity index (χ0n) is 13.2. The summed E-state index contributed by atoms with van der Waals surface area (Å²) in [5.41, 5.74) is 1.68. The van der Waals surface area contributed by atoms with Gasteiger partial charge in [-0.15, -0.1) is 0 Å². The second-order valence-electron chi connectivity index (χ2n) is 6.41. The largest absolute Gasteiger partial charge is 0.313 e. The van der Waals surface area contributed by atoms with Crippen LogP contribution in [0.4, 0.5) is 0 Å². The Kier molecular flexibility index (Phi) is 6.53. The van der Waals surface area contributed by atoms with Crippen LogP contribution in [0.1, 0.15) is 39.7 Å². The Balaban J connectivity index is 2.34. The van der Waals surface area contributed by atoms with Crippen LogP contribution in [0, 0.1) is 0 Å². The highest BCUT2D eigenvalue weighted by Crippen LogP contribution is 2.26. The van der Waals surface area contributed by atoms with E-state index in [1.807, 2.05) is 0 Å². The van der Waals surface area contributed by atoms with Crippen molar-refractivity contribution >= 4 is 0 Å². The molecule has 0 radical (unpaired) electrons. The van der Waals surface area contributed by atoms with Gasteiger partial charge in [-0.25, -0.2) is 0 Å². The van der Waals surface area contributed by atoms with Crippen molar-refractivity contribution in [2.24, 2.45) is 0 Å². The van der Waals surface area contributed by atoms with Crippen molar-refractivity contribution in [2.75, 3.05) is 26.7 Å². The van der Waals surface area contributed by atoms with Crippen molar-refractivity contribution in [3.05, 3.63) is 35.9 Å². The summed E-state index contributed by atoms with van der Waals surface area (Å²) in [6, 6.07) is 11.4. The second-order valence-corrected chi connectivity index (χ2v) is 6.41. The van der Waals surface area contributed by atoms with Crippen molar-refractivity contribution in [1.29, 1.82) is 0 Å². The Hall–Kier alpha value is -0.860. The van der Waals surface area contributed by atoms with Gasteiger partial charge in [-0.1, -0.05) is 58.0 Å². The van der Waals surface area contributed by atoms with Crippen LogP contribution in [0.5, 0.6) is 0 Å². The van der Waals surface area contributed by atoms with E-state index < -0.39 is 0 Å². The summed E-state index contributed by atoms with van der Waals surface area (Å²) in [4.78, 5) is 2.42. The molecule has 0 aromatic heterocycles. The van der Waals surface area contributed by atoms with Gasteiger partial charge in [-0.3, -0.25) is 0 Å². The van der Waals surface area contributed by atoms with Gasteiger partial charge < -0.3 is 10.2 Å². The average molecular weight is 262 g/mol. The van der Waals surface area contributed by atoms with Gasteiger partial charge in [0.2, 0.25) is 0 Å². The summed E-state index contributed by atoms with van der Waals surface area (Å²) in [6.07, 6.45) is 1.19. The first-order valence-corrected chi connectivity index (χ1v) is 7.39. The lowest BCUT2D eigenvalue weighted by Crippen LogP contribution is -2.35. The van der Waals surface area contributed by atoms with Crippen LogP contribution in [0.2, 0.25) is 0 Å². The summed E-state index contributed by atoms with van der Waals surface area (Å²) >= 11 is 0. The molecule has 0 amide bonds. The minimum Gasteiger partial charge on any atom is -0.313 e. The molecule has 1 rings (SSSR count). The highest BCUT2D eigenvalue weighted by atomic mass is 15.1. The van der Waals surface area contributed by atoms with Crippen LogP contribution in [0.15, 0.2) is 30.3 Å². The highest BCUT2D eigenvalue weighted by Gasteiger charge is 2.20. The smallest absolute Gasteiger partial charge is 0.0104 e. The Morgan fingerprint density at radius 1 is 1.11 bits per heavy atom. The van der Waals surface area contributed by atoms with Crippen LogP contribution in [0.3, 0.4) is 0 Å². The first kappa shape index (κ1) is 16.2. The lowest BCUT2D eigenvalue weighted by atomic mass is 9.81. The molecule has 19 heavy (non-hydrogen) atoms. The maximum Gasteiger partial charge on any atom is 0.0104 e. The van der Waals surface area contributed by atoms with E-state index in [4.69, 9.17) is 0 Å². The molecule has 0 aliphatic carbocycles. The molecule has 2 heteroatoms. The van der Waals surface area contributed by atoms with Crippen LogP contribution in [0.25, 0.3) is 0 Å². The Morgan fingerprint density at radius 3 is 2.32 bits per heavy atom. The molecule has 0 spiro atoms. The molecular formula is C17H30N2. The molecular weight excluding hydrogens is 232 g/mol. The molecule has 1 N–H and O–H groups in total. The van der Waals surface area contributed by atoms with Gasteiger partial charge in [0.1, 0.15) is 0 Å². The fourth-order valence-electron chi connectivity index (χ4n) is 2.16. The monoisotopic (exact) mass is 262 g/mol. The normalized spacial score (nSPS) is 12.4. The summed E-state index contributed by atoms with van der Waals surface area (Å²) in [7, 11) is 2.21. The fraction of sp³-hybridized carbons (Fsp3) is 0.647. The van der Waals surface area contributed by atoms with Gasteiger partial charge in [-0.2, -0.15) is 0 Å². The van der Waals surface area contributed by atoms with E-state index in [0.29, 0.717) is 6.04 Å². The molecule has 0 aliphatic rings. The number of hydrogen-bond donors (Lipinski definition) is 1. The van der Waals surface area contributed by atoms with E-state index in [1.54, 1.807) is 0 Å². The van der Waals surface area contributed by atoms with Crippen LogP contribution < -0.4 is 5.32 Å². The molecule has 0 bridgehead atoms. The minimum atomic E-state index is 0.251. The third-order valence-electron chi connectivity index (χ3n) is 3.72. The number of benzene rings is 1. The average Bonchev–Trinajstić information content (AvgIpc) is 2.37. The van der Waals surface area contributed by atoms with Gasteiger partial charge in [0.15, 0.2) is 0 Å². The van der Waals surface area contributed by atoms with Crippen molar-refractivity contribution in [3.63, 3.8) is 0 Å². The standard InChI is InChI=1S/C17H30N2/c1-15(2)18-12-14-19(5)13-11-17(3,4)16-9-7-6-8-10-16/h6-10,15,18H,11-14H2,1-5H3. The van der Waals surface area contributed by atoms with Crippen LogP contribution in [-0.2, 0) is 5.41 Å². The Bertz CT molecular complexity index is 344. The van der Waals surface area contributed by atoms with Gasteiger partial charge in [0.25, 0.3) is 0 Å². The van der Waals surface area contributed by atoms with Gasteiger partial charge in [0.05, 0.1) is 0 Å². The van der Waals surface area contributed by atoms with Crippen LogP contribution in [-0.4, -0.2) is 37.6 Å². The number of nitrogens with zero attached hydrogens (tertiary/aromatic N) is 1. The molecule has 0 fully saturated rings. The quantitative estimate of drug-likeness (QED) is 0.773. The highest BCUT2D eigenvalue weighted by molar-refractivity contribution is 5.23. The first-order chi connectivity index (χ1) is 8.92. The van der Waals surface area contributed by atoms with Crippen molar-refractivity contribution in [2.45, 2.75) is 45.6 Å². The molecule has 0 saturated heterocycles. The van der Waals surface area contributed by atoms with Gasteiger partial charge in [-0.05, 0) is 31.0 Å². The third kappa shape index (κ3) is 6.22. The fourth-order valence-corrected chi connectivity index (χ4v) is 2.16. The van der Waals surface area contributed by atoms with E-state index in [9.17, 15) is 0 Å². The maximum atomic E-state index is 3.46. The number of rotatable bonds is 8. The lowest BCUT2D eigenvalue weighted by Gasteiger charge is -2.28. The topological polar surface area (TPSA) is 15.3 Å². The molecule has 0 saturated carbocycles. The summed E-state index contributed by atoms with van der Waals surface area (Å²) in [5.74, 6) is 0. The Labute approximate surface area is 119 Å². The number of likely N-dealkylation sites (N-methyl/N-ethyl adjacent to an activating group) is 1. The molecule has 0 heterocycles. The molecule has 2 nitrogen and oxygen atoms in total. The van der Waals surface area contributed by atoms with Crippen molar-refractivity contribution in [1.82, 2.24) is 10.2 Å². The predicted octanol–water partition coefficient (Wildman–Crippen LogP) is 3.28. The SMILES string of the molecule is CC(C)NCCN(C)CCC(C)(C)c1ccccc1. The van der Waals surface area contributed by atoms with E-state index in [0.717, 1.165) is 19.6 Å². The van der Waals surface area contributed by atoms with E-state index in [-0.39, 0.29) is 5.41 Å². The predicted molar refractivity (Wildman–Crippen MR) is 84.7 cm³/mol. The molecule has 0 aliphatic heterocycles. The van der Waals surface area contributed by atoms with Gasteiger partial charge >= 0.3 is 0 Å².